The predicted octanol–water partition coefficient (Wildman–Crippen LogP) is 5.27. The summed E-state index contributed by atoms with van der Waals surface area (Å²) in [5.74, 6) is -1.77. The molecule has 38 heavy (non-hydrogen) atoms. The van der Waals surface area contributed by atoms with E-state index < -0.39 is 40.2 Å². The summed E-state index contributed by atoms with van der Waals surface area (Å²) < 4.78 is 42.9. The van der Waals surface area contributed by atoms with Crippen LogP contribution in [0.15, 0.2) is 77.7 Å². The number of halogens is 3. The molecular formula is C27H28Cl2FN3O4S. The predicted molar refractivity (Wildman–Crippen MR) is 147 cm³/mol. The Labute approximate surface area is 232 Å². The van der Waals surface area contributed by atoms with Gasteiger partial charge in [0.25, 0.3) is 10.0 Å². The minimum absolute atomic E-state index is 0.0125. The van der Waals surface area contributed by atoms with Gasteiger partial charge in [-0.05, 0) is 57.2 Å². The fraction of sp³-hybridized carbons (Fsp3) is 0.259. The van der Waals surface area contributed by atoms with Gasteiger partial charge in [0.15, 0.2) is 0 Å². The molecule has 3 aromatic rings. The second-order valence-electron chi connectivity index (χ2n) is 8.87. The quantitative estimate of drug-likeness (QED) is 0.354. The number of anilines is 1. The van der Waals surface area contributed by atoms with Crippen LogP contribution in [0.2, 0.25) is 10.0 Å². The molecule has 202 valence electrons. The summed E-state index contributed by atoms with van der Waals surface area (Å²) in [7, 11) is -4.30. The highest BCUT2D eigenvalue weighted by molar-refractivity contribution is 7.92. The first-order valence-electron chi connectivity index (χ1n) is 11.8. The van der Waals surface area contributed by atoms with Crippen LogP contribution in [0, 0.1) is 5.82 Å². The molecule has 0 saturated carbocycles. The van der Waals surface area contributed by atoms with E-state index in [0.29, 0.717) is 0 Å². The van der Waals surface area contributed by atoms with Gasteiger partial charge >= 0.3 is 0 Å². The number of rotatable bonds is 10. The number of nitrogens with one attached hydrogen (secondary N) is 1. The molecule has 0 heterocycles. The van der Waals surface area contributed by atoms with Gasteiger partial charge in [0, 0.05) is 23.2 Å². The number of nitrogens with zero attached hydrogens (tertiary/aromatic N) is 2. The van der Waals surface area contributed by atoms with E-state index in [4.69, 9.17) is 23.2 Å². The third kappa shape index (κ3) is 7.03. The Morgan fingerprint density at radius 2 is 1.58 bits per heavy atom. The van der Waals surface area contributed by atoms with Crippen molar-refractivity contribution < 1.29 is 22.4 Å². The lowest BCUT2D eigenvalue weighted by Crippen LogP contribution is -2.52. The number of carbonyl (C=O) groups excluding carboxylic acids is 2. The van der Waals surface area contributed by atoms with E-state index in [-0.39, 0.29) is 38.8 Å². The molecule has 0 aliphatic carbocycles. The second kappa shape index (κ2) is 12.6. The number of sulfonamides is 1. The molecule has 0 spiro atoms. The zero-order valence-electron chi connectivity index (χ0n) is 21.1. The van der Waals surface area contributed by atoms with Crippen molar-refractivity contribution in [2.75, 3.05) is 10.8 Å². The van der Waals surface area contributed by atoms with Gasteiger partial charge in [0.1, 0.15) is 18.4 Å². The number of benzene rings is 3. The lowest BCUT2D eigenvalue weighted by atomic mass is 10.1. The largest absolute Gasteiger partial charge is 0.352 e. The molecule has 3 aromatic carbocycles. The van der Waals surface area contributed by atoms with Crippen LogP contribution in [-0.2, 0) is 26.2 Å². The molecule has 0 bridgehead atoms. The highest BCUT2D eigenvalue weighted by atomic mass is 35.5. The van der Waals surface area contributed by atoms with Crippen LogP contribution < -0.4 is 9.62 Å². The van der Waals surface area contributed by atoms with Crippen LogP contribution in [-0.4, -0.2) is 43.8 Å². The van der Waals surface area contributed by atoms with Crippen molar-refractivity contribution >= 4 is 50.7 Å². The molecule has 7 nitrogen and oxygen atoms in total. The number of carbonyl (C=O) groups is 2. The summed E-state index contributed by atoms with van der Waals surface area (Å²) >= 11 is 12.5. The second-order valence-corrected chi connectivity index (χ2v) is 11.6. The lowest BCUT2D eigenvalue weighted by Gasteiger charge is -2.32. The van der Waals surface area contributed by atoms with E-state index in [0.717, 1.165) is 9.21 Å². The summed E-state index contributed by atoms with van der Waals surface area (Å²) in [6.45, 7) is 4.05. The van der Waals surface area contributed by atoms with Gasteiger partial charge < -0.3 is 10.2 Å². The first-order valence-corrected chi connectivity index (χ1v) is 14.0. The number of amides is 2. The highest BCUT2D eigenvalue weighted by Crippen LogP contribution is 2.33. The van der Waals surface area contributed by atoms with Crippen LogP contribution in [0.5, 0.6) is 0 Å². The van der Waals surface area contributed by atoms with Crippen LogP contribution in [0.25, 0.3) is 0 Å². The van der Waals surface area contributed by atoms with Crippen molar-refractivity contribution in [2.45, 2.75) is 44.3 Å². The minimum atomic E-state index is -4.30. The Balaban J connectivity index is 2.08. The molecular weight excluding hydrogens is 552 g/mol. The maximum atomic E-state index is 14.5. The standard InChI is InChI=1S/C27H28Cl2FN3O4S/c1-18(2)31-27(35)19(3)32(16-20-9-7-8-12-24(20)30)26(34)17-33(25-15-21(28)13-14-23(25)29)38(36,37)22-10-5-4-6-11-22/h4-15,18-19H,16-17H2,1-3H3,(H,31,35)/t19-/m1/s1. The van der Waals surface area contributed by atoms with Crippen molar-refractivity contribution in [3.05, 3.63) is 94.2 Å². The molecule has 1 atom stereocenters. The third-order valence-corrected chi connectivity index (χ3v) is 8.01. The number of hydrogen-bond donors (Lipinski definition) is 1. The summed E-state index contributed by atoms with van der Waals surface area (Å²) in [6.07, 6.45) is 0. The SMILES string of the molecule is CC(C)NC(=O)[C@@H](C)N(Cc1ccccc1F)C(=O)CN(c1cc(Cl)ccc1Cl)S(=O)(=O)c1ccccc1. The molecule has 3 rings (SSSR count). The Hall–Kier alpha value is -3.14. The average molecular weight is 581 g/mol. The van der Waals surface area contributed by atoms with Gasteiger partial charge in [-0.25, -0.2) is 12.8 Å². The fourth-order valence-electron chi connectivity index (χ4n) is 3.71. The van der Waals surface area contributed by atoms with Gasteiger partial charge in [-0.1, -0.05) is 59.6 Å². The van der Waals surface area contributed by atoms with Crippen molar-refractivity contribution in [1.82, 2.24) is 10.2 Å². The van der Waals surface area contributed by atoms with Gasteiger partial charge in [-0.3, -0.25) is 13.9 Å². The third-order valence-electron chi connectivity index (χ3n) is 5.68. The zero-order chi connectivity index (χ0) is 28.0. The van der Waals surface area contributed by atoms with Gasteiger partial charge in [0.05, 0.1) is 15.6 Å². The molecule has 0 unspecified atom stereocenters. The van der Waals surface area contributed by atoms with E-state index in [2.05, 4.69) is 5.32 Å². The van der Waals surface area contributed by atoms with Crippen LogP contribution in [0.4, 0.5) is 10.1 Å². The van der Waals surface area contributed by atoms with Gasteiger partial charge in [-0.2, -0.15) is 0 Å². The molecule has 2 amide bonds. The van der Waals surface area contributed by atoms with Crippen LogP contribution >= 0.6 is 23.2 Å². The normalized spacial score (nSPS) is 12.2. The van der Waals surface area contributed by atoms with Crippen LogP contribution in [0.1, 0.15) is 26.3 Å². The minimum Gasteiger partial charge on any atom is -0.352 e. The molecule has 0 fully saturated rings. The average Bonchev–Trinajstić information content (AvgIpc) is 2.88. The summed E-state index contributed by atoms with van der Waals surface area (Å²) in [6, 6.07) is 16.4. The molecule has 1 N–H and O–H groups in total. The molecule has 0 aromatic heterocycles. The summed E-state index contributed by atoms with van der Waals surface area (Å²) in [5, 5.41) is 2.99. The smallest absolute Gasteiger partial charge is 0.264 e. The topological polar surface area (TPSA) is 86.8 Å². The van der Waals surface area contributed by atoms with E-state index in [1.54, 1.807) is 38.1 Å². The van der Waals surface area contributed by atoms with Crippen molar-refractivity contribution in [2.24, 2.45) is 0 Å². The maximum absolute atomic E-state index is 14.5. The zero-order valence-corrected chi connectivity index (χ0v) is 23.4. The molecule has 11 heteroatoms. The summed E-state index contributed by atoms with van der Waals surface area (Å²) in [5.41, 5.74) is 0.157. The van der Waals surface area contributed by atoms with Crippen molar-refractivity contribution in [1.29, 1.82) is 0 Å². The van der Waals surface area contributed by atoms with E-state index in [1.165, 1.54) is 55.5 Å². The van der Waals surface area contributed by atoms with Crippen molar-refractivity contribution in [3.8, 4) is 0 Å². The fourth-order valence-corrected chi connectivity index (χ4v) is 5.59. The summed E-state index contributed by atoms with van der Waals surface area (Å²) in [4.78, 5) is 27.7. The highest BCUT2D eigenvalue weighted by Gasteiger charge is 2.33. The Morgan fingerprint density at radius 1 is 0.947 bits per heavy atom. The Kier molecular flexibility index (Phi) is 9.76. The van der Waals surface area contributed by atoms with E-state index in [1.807, 2.05) is 0 Å². The van der Waals surface area contributed by atoms with Gasteiger partial charge in [0.2, 0.25) is 11.8 Å². The van der Waals surface area contributed by atoms with Crippen LogP contribution in [0.3, 0.4) is 0 Å². The molecule has 0 saturated heterocycles. The van der Waals surface area contributed by atoms with Gasteiger partial charge in [-0.15, -0.1) is 0 Å². The molecule has 0 aliphatic heterocycles. The molecule has 0 radical (unpaired) electrons. The maximum Gasteiger partial charge on any atom is 0.264 e. The van der Waals surface area contributed by atoms with E-state index in [9.17, 15) is 22.4 Å². The first-order chi connectivity index (χ1) is 17.9. The van der Waals surface area contributed by atoms with E-state index >= 15 is 0 Å². The Bertz CT molecular complexity index is 1400. The monoisotopic (exact) mass is 579 g/mol. The number of hydrogen-bond acceptors (Lipinski definition) is 4. The molecule has 0 aliphatic rings. The van der Waals surface area contributed by atoms with Crippen molar-refractivity contribution in [3.63, 3.8) is 0 Å². The first kappa shape index (κ1) is 29.4. The lowest BCUT2D eigenvalue weighted by molar-refractivity contribution is -0.139. The Morgan fingerprint density at radius 3 is 2.21 bits per heavy atom.